The zero-order valence-corrected chi connectivity index (χ0v) is 12.7. The summed E-state index contributed by atoms with van der Waals surface area (Å²) in [6, 6.07) is 7.08. The van der Waals surface area contributed by atoms with Gasteiger partial charge in [-0.15, -0.1) is 0 Å². The van der Waals surface area contributed by atoms with Gasteiger partial charge in [-0.05, 0) is 25.1 Å². The molecule has 2 heterocycles. The Balaban J connectivity index is 1.75. The minimum absolute atomic E-state index is 0.101. The molecule has 6 heteroatoms. The molecule has 2 aromatic rings. The number of ether oxygens (including phenoxy) is 2. The Labute approximate surface area is 128 Å². The Morgan fingerprint density at radius 1 is 1.23 bits per heavy atom. The van der Waals surface area contributed by atoms with Gasteiger partial charge in [0.05, 0.1) is 19.8 Å². The molecule has 0 unspecified atom stereocenters. The summed E-state index contributed by atoms with van der Waals surface area (Å²) in [6.07, 6.45) is 0.837. The van der Waals surface area contributed by atoms with Crippen molar-refractivity contribution in [3.8, 4) is 11.5 Å². The number of hydrogen-bond donors (Lipinski definition) is 0. The van der Waals surface area contributed by atoms with E-state index in [1.54, 1.807) is 30.1 Å². The summed E-state index contributed by atoms with van der Waals surface area (Å²) in [6.45, 7) is 3.44. The molecular formula is C16H18N2O4. The van der Waals surface area contributed by atoms with Crippen LogP contribution in [0.5, 0.6) is 11.5 Å². The van der Waals surface area contributed by atoms with Crippen LogP contribution in [0.3, 0.4) is 0 Å². The number of carbonyl (C=O) groups excluding carboxylic acids is 1. The number of benzene rings is 1. The van der Waals surface area contributed by atoms with Crippen molar-refractivity contribution in [1.29, 1.82) is 0 Å². The maximum Gasteiger partial charge on any atom is 0.254 e. The Hall–Kier alpha value is -2.50. The van der Waals surface area contributed by atoms with Gasteiger partial charge < -0.3 is 18.9 Å². The van der Waals surface area contributed by atoms with Crippen molar-refractivity contribution in [3.63, 3.8) is 0 Å². The van der Waals surface area contributed by atoms with E-state index in [9.17, 15) is 4.79 Å². The first-order valence-corrected chi connectivity index (χ1v) is 7.21. The highest BCUT2D eigenvalue weighted by Gasteiger charge is 2.17. The molecule has 6 nitrogen and oxygen atoms in total. The average Bonchev–Trinajstić information content (AvgIpc) is 2.78. The first-order chi connectivity index (χ1) is 10.6. The van der Waals surface area contributed by atoms with Crippen LogP contribution in [0.25, 0.3) is 0 Å². The molecule has 1 aliphatic heterocycles. The molecule has 1 aliphatic rings. The van der Waals surface area contributed by atoms with Crippen LogP contribution in [-0.4, -0.2) is 36.2 Å². The highest BCUT2D eigenvalue weighted by molar-refractivity contribution is 5.94. The second-order valence-electron chi connectivity index (χ2n) is 5.30. The summed E-state index contributed by atoms with van der Waals surface area (Å²) in [7, 11) is 1.73. The van der Waals surface area contributed by atoms with E-state index in [4.69, 9.17) is 14.0 Å². The second-order valence-corrected chi connectivity index (χ2v) is 5.30. The van der Waals surface area contributed by atoms with Crippen molar-refractivity contribution >= 4 is 5.91 Å². The van der Waals surface area contributed by atoms with Gasteiger partial charge in [0, 0.05) is 25.1 Å². The van der Waals surface area contributed by atoms with Crippen LogP contribution in [-0.2, 0) is 6.54 Å². The Morgan fingerprint density at radius 3 is 2.73 bits per heavy atom. The molecule has 0 aliphatic carbocycles. The van der Waals surface area contributed by atoms with Crippen molar-refractivity contribution < 1.29 is 18.8 Å². The van der Waals surface area contributed by atoms with Crippen LogP contribution in [0.15, 0.2) is 28.8 Å². The second kappa shape index (κ2) is 6.09. The molecule has 1 aromatic heterocycles. The van der Waals surface area contributed by atoms with Crippen molar-refractivity contribution in [2.75, 3.05) is 20.3 Å². The predicted octanol–water partition coefficient (Wildman–Crippen LogP) is 2.42. The third-order valence-electron chi connectivity index (χ3n) is 3.42. The van der Waals surface area contributed by atoms with Gasteiger partial charge in [0.2, 0.25) is 0 Å². The number of carbonyl (C=O) groups is 1. The van der Waals surface area contributed by atoms with E-state index >= 15 is 0 Å². The van der Waals surface area contributed by atoms with Crippen LogP contribution in [0.1, 0.15) is 28.2 Å². The molecule has 0 N–H and O–H groups in total. The molecule has 22 heavy (non-hydrogen) atoms. The highest BCUT2D eigenvalue weighted by Crippen LogP contribution is 2.30. The Bertz CT molecular complexity index is 681. The van der Waals surface area contributed by atoms with Crippen molar-refractivity contribution in [2.24, 2.45) is 0 Å². The Morgan fingerprint density at radius 2 is 2.00 bits per heavy atom. The van der Waals surface area contributed by atoms with Gasteiger partial charge in [0.1, 0.15) is 11.5 Å². The van der Waals surface area contributed by atoms with Gasteiger partial charge in [-0.1, -0.05) is 5.16 Å². The third-order valence-corrected chi connectivity index (χ3v) is 3.42. The molecular weight excluding hydrogens is 284 g/mol. The fourth-order valence-electron chi connectivity index (χ4n) is 2.32. The van der Waals surface area contributed by atoms with Crippen LogP contribution in [0, 0.1) is 6.92 Å². The quantitative estimate of drug-likeness (QED) is 0.871. The van der Waals surface area contributed by atoms with E-state index < -0.39 is 0 Å². The van der Waals surface area contributed by atoms with Gasteiger partial charge >= 0.3 is 0 Å². The summed E-state index contributed by atoms with van der Waals surface area (Å²) in [4.78, 5) is 14.1. The standard InChI is InChI=1S/C16H18N2O4/c1-11-8-13(17-22-11)10-18(2)16(19)12-4-5-14-15(9-12)21-7-3-6-20-14/h4-5,8-9H,3,6-7,10H2,1-2H3. The predicted molar refractivity (Wildman–Crippen MR) is 79.1 cm³/mol. The largest absolute Gasteiger partial charge is 0.490 e. The zero-order valence-electron chi connectivity index (χ0n) is 12.7. The molecule has 1 aromatic carbocycles. The van der Waals surface area contributed by atoms with E-state index in [-0.39, 0.29) is 5.91 Å². The van der Waals surface area contributed by atoms with E-state index in [0.717, 1.165) is 17.9 Å². The van der Waals surface area contributed by atoms with Crippen LogP contribution in [0.2, 0.25) is 0 Å². The lowest BCUT2D eigenvalue weighted by Gasteiger charge is -2.16. The van der Waals surface area contributed by atoms with E-state index in [0.29, 0.717) is 36.8 Å². The molecule has 1 amide bonds. The van der Waals surface area contributed by atoms with E-state index in [1.165, 1.54) is 0 Å². The molecule has 0 saturated carbocycles. The topological polar surface area (TPSA) is 64.8 Å². The lowest BCUT2D eigenvalue weighted by molar-refractivity contribution is 0.0781. The number of aryl methyl sites for hydroxylation is 1. The number of rotatable bonds is 3. The monoisotopic (exact) mass is 302 g/mol. The molecule has 0 atom stereocenters. The molecule has 0 radical (unpaired) electrons. The maximum atomic E-state index is 12.5. The van der Waals surface area contributed by atoms with E-state index in [1.807, 2.05) is 13.0 Å². The minimum atomic E-state index is -0.101. The summed E-state index contributed by atoms with van der Waals surface area (Å²) >= 11 is 0. The summed E-state index contributed by atoms with van der Waals surface area (Å²) in [5.41, 5.74) is 1.29. The number of hydrogen-bond acceptors (Lipinski definition) is 5. The molecule has 0 bridgehead atoms. The molecule has 3 rings (SSSR count). The average molecular weight is 302 g/mol. The fraction of sp³-hybridized carbons (Fsp3) is 0.375. The number of aromatic nitrogens is 1. The van der Waals surface area contributed by atoms with Gasteiger partial charge in [-0.2, -0.15) is 0 Å². The zero-order chi connectivity index (χ0) is 15.5. The van der Waals surface area contributed by atoms with Crippen molar-refractivity contribution in [2.45, 2.75) is 19.9 Å². The minimum Gasteiger partial charge on any atom is -0.490 e. The third kappa shape index (κ3) is 3.05. The summed E-state index contributed by atoms with van der Waals surface area (Å²) in [5, 5.41) is 3.90. The molecule has 0 fully saturated rings. The van der Waals surface area contributed by atoms with Gasteiger partial charge in [-0.25, -0.2) is 0 Å². The van der Waals surface area contributed by atoms with Crippen LogP contribution < -0.4 is 9.47 Å². The van der Waals surface area contributed by atoms with Gasteiger partial charge in [-0.3, -0.25) is 4.79 Å². The molecule has 0 saturated heterocycles. The highest BCUT2D eigenvalue weighted by atomic mass is 16.5. The first-order valence-electron chi connectivity index (χ1n) is 7.21. The number of nitrogens with zero attached hydrogens (tertiary/aromatic N) is 2. The van der Waals surface area contributed by atoms with Crippen LogP contribution >= 0.6 is 0 Å². The molecule has 0 spiro atoms. The lowest BCUT2D eigenvalue weighted by atomic mass is 10.1. The number of amides is 1. The molecule has 116 valence electrons. The smallest absolute Gasteiger partial charge is 0.254 e. The van der Waals surface area contributed by atoms with Crippen LogP contribution in [0.4, 0.5) is 0 Å². The van der Waals surface area contributed by atoms with Gasteiger partial charge in [0.15, 0.2) is 11.5 Å². The van der Waals surface area contributed by atoms with Crippen molar-refractivity contribution in [1.82, 2.24) is 10.1 Å². The maximum absolute atomic E-state index is 12.5. The SMILES string of the molecule is Cc1cc(CN(C)C(=O)c2ccc3c(c2)OCCCO3)no1. The number of fused-ring (bicyclic) bond motifs is 1. The lowest BCUT2D eigenvalue weighted by Crippen LogP contribution is -2.26. The fourth-order valence-corrected chi connectivity index (χ4v) is 2.32. The van der Waals surface area contributed by atoms with Crippen molar-refractivity contribution in [3.05, 3.63) is 41.3 Å². The van der Waals surface area contributed by atoms with E-state index in [2.05, 4.69) is 5.16 Å². The first kappa shape index (κ1) is 14.4. The van der Waals surface area contributed by atoms with Gasteiger partial charge in [0.25, 0.3) is 5.91 Å². The Kier molecular flexibility index (Phi) is 4.00. The summed E-state index contributed by atoms with van der Waals surface area (Å²) in [5.74, 6) is 1.93. The summed E-state index contributed by atoms with van der Waals surface area (Å²) < 4.78 is 16.2. The normalized spacial score (nSPS) is 13.5.